The predicted octanol–water partition coefficient (Wildman–Crippen LogP) is -0.971. The van der Waals surface area contributed by atoms with E-state index in [1.807, 2.05) is 0 Å². The number of hydrogen-bond acceptors (Lipinski definition) is 6. The molecule has 0 heterocycles. The Morgan fingerprint density at radius 2 is 1.00 bits per heavy atom. The summed E-state index contributed by atoms with van der Waals surface area (Å²) in [5.74, 6) is 0. The molecule has 6 nitrogen and oxygen atoms in total. The van der Waals surface area contributed by atoms with Gasteiger partial charge >= 0.3 is 0 Å². The highest BCUT2D eigenvalue weighted by atomic mass is 16.3. The van der Waals surface area contributed by atoms with Gasteiger partial charge in [-0.3, -0.25) is 9.80 Å². The van der Waals surface area contributed by atoms with Crippen LogP contribution in [0.3, 0.4) is 0 Å². The summed E-state index contributed by atoms with van der Waals surface area (Å²) in [6.45, 7) is 6.71. The molecule has 0 saturated carbocycles. The van der Waals surface area contributed by atoms with E-state index in [1.54, 1.807) is 51.6 Å². The molecule has 0 spiro atoms. The minimum atomic E-state index is -1.05. The number of rotatable bonds is 7. The Morgan fingerprint density at radius 1 is 0.778 bits per heavy atom. The first-order valence-electron chi connectivity index (χ1n) is 6.09. The predicted molar refractivity (Wildman–Crippen MR) is 69.9 cm³/mol. The van der Waals surface area contributed by atoms with Crippen LogP contribution in [0.15, 0.2) is 0 Å². The van der Waals surface area contributed by atoms with E-state index in [0.29, 0.717) is 0 Å². The van der Waals surface area contributed by atoms with E-state index in [-0.39, 0.29) is 13.1 Å². The lowest BCUT2D eigenvalue weighted by Crippen LogP contribution is -2.52. The fourth-order valence-electron chi connectivity index (χ4n) is 1.25. The Kier molecular flexibility index (Phi) is 6.19. The van der Waals surface area contributed by atoms with Crippen molar-refractivity contribution in [1.29, 1.82) is 0 Å². The van der Waals surface area contributed by atoms with Crippen molar-refractivity contribution in [1.82, 2.24) is 9.80 Å². The van der Waals surface area contributed by atoms with E-state index in [9.17, 15) is 20.4 Å². The first-order chi connectivity index (χ1) is 7.85. The molecule has 2 unspecified atom stereocenters. The van der Waals surface area contributed by atoms with Crippen molar-refractivity contribution in [3.05, 3.63) is 0 Å². The molecule has 0 saturated heterocycles. The van der Waals surface area contributed by atoms with Crippen molar-refractivity contribution in [2.24, 2.45) is 0 Å². The quantitative estimate of drug-likeness (QED) is 0.443. The molecule has 2 atom stereocenters. The zero-order chi connectivity index (χ0) is 14.7. The SMILES string of the molecule is CN(CC(O)C(O)CN(C)C(C)(C)O)C(C)(C)O. The van der Waals surface area contributed by atoms with E-state index in [1.165, 1.54) is 0 Å². The maximum Gasteiger partial charge on any atom is 0.112 e. The minimum absolute atomic E-state index is 0.143. The second-order valence-electron chi connectivity index (χ2n) is 5.88. The van der Waals surface area contributed by atoms with Crippen molar-refractivity contribution < 1.29 is 20.4 Å². The Labute approximate surface area is 109 Å². The van der Waals surface area contributed by atoms with E-state index in [0.717, 1.165) is 0 Å². The highest BCUT2D eigenvalue weighted by Gasteiger charge is 2.28. The summed E-state index contributed by atoms with van der Waals surface area (Å²) in [7, 11) is 3.32. The number of hydrogen-bond donors (Lipinski definition) is 4. The van der Waals surface area contributed by atoms with Crippen LogP contribution in [0.1, 0.15) is 27.7 Å². The van der Waals surface area contributed by atoms with Crippen LogP contribution in [0.25, 0.3) is 0 Å². The van der Waals surface area contributed by atoms with Crippen molar-refractivity contribution in [3.63, 3.8) is 0 Å². The van der Waals surface area contributed by atoms with E-state index < -0.39 is 23.7 Å². The van der Waals surface area contributed by atoms with Crippen molar-refractivity contribution >= 4 is 0 Å². The minimum Gasteiger partial charge on any atom is -0.389 e. The van der Waals surface area contributed by atoms with Crippen LogP contribution in [0.4, 0.5) is 0 Å². The van der Waals surface area contributed by atoms with E-state index >= 15 is 0 Å². The van der Waals surface area contributed by atoms with Crippen molar-refractivity contribution in [2.75, 3.05) is 27.2 Å². The van der Waals surface area contributed by atoms with Gasteiger partial charge in [0.1, 0.15) is 11.4 Å². The summed E-state index contributed by atoms with van der Waals surface area (Å²) in [5.41, 5.74) is -2.11. The molecular weight excluding hydrogens is 236 g/mol. The number of likely N-dealkylation sites (N-methyl/N-ethyl adjacent to an activating group) is 2. The number of aliphatic hydroxyl groups excluding tert-OH is 2. The average Bonchev–Trinajstić information content (AvgIpc) is 2.14. The first kappa shape index (κ1) is 17.8. The standard InChI is InChI=1S/C12H28N2O4/c1-11(2,17)13(5)7-9(15)10(16)8-14(6)12(3,4)18/h9-10,15-18H,7-8H2,1-6H3. The second kappa shape index (κ2) is 6.27. The van der Waals surface area contributed by atoms with Gasteiger partial charge in [-0.25, -0.2) is 0 Å². The molecule has 0 aliphatic heterocycles. The number of aliphatic hydroxyl groups is 4. The van der Waals surface area contributed by atoms with Crippen LogP contribution in [-0.2, 0) is 0 Å². The molecular formula is C12H28N2O4. The lowest BCUT2D eigenvalue weighted by atomic mass is 10.1. The molecule has 0 fully saturated rings. The summed E-state index contributed by atoms with van der Waals surface area (Å²) in [5, 5.41) is 39.1. The largest absolute Gasteiger partial charge is 0.389 e. The van der Waals surface area contributed by atoms with Gasteiger partial charge in [-0.1, -0.05) is 0 Å². The highest BCUT2D eigenvalue weighted by molar-refractivity contribution is 4.78. The van der Waals surface area contributed by atoms with Crippen LogP contribution in [0.2, 0.25) is 0 Å². The van der Waals surface area contributed by atoms with Gasteiger partial charge in [0, 0.05) is 13.1 Å². The molecule has 0 bridgehead atoms. The Bertz CT molecular complexity index is 221. The summed E-state index contributed by atoms with van der Waals surface area (Å²) in [6.07, 6.45) is -1.99. The van der Waals surface area contributed by atoms with Crippen molar-refractivity contribution in [3.8, 4) is 0 Å². The molecule has 18 heavy (non-hydrogen) atoms. The maximum atomic E-state index is 9.85. The number of nitrogens with zero attached hydrogens (tertiary/aromatic N) is 2. The molecule has 0 aromatic carbocycles. The molecule has 6 heteroatoms. The van der Waals surface area contributed by atoms with Gasteiger partial charge in [-0.2, -0.15) is 0 Å². The summed E-state index contributed by atoms with van der Waals surface area (Å²) in [6, 6.07) is 0. The third-order valence-electron chi connectivity index (χ3n) is 3.23. The van der Waals surface area contributed by atoms with Crippen molar-refractivity contribution in [2.45, 2.75) is 51.4 Å². The van der Waals surface area contributed by atoms with E-state index in [4.69, 9.17) is 0 Å². The molecule has 0 aromatic rings. The molecule has 0 aromatic heterocycles. The fraction of sp³-hybridized carbons (Fsp3) is 1.00. The van der Waals surface area contributed by atoms with Crippen LogP contribution >= 0.6 is 0 Å². The zero-order valence-corrected chi connectivity index (χ0v) is 12.3. The molecule has 0 aliphatic carbocycles. The van der Waals surface area contributed by atoms with Gasteiger partial charge in [-0.05, 0) is 41.8 Å². The summed E-state index contributed by atoms with van der Waals surface area (Å²) < 4.78 is 0. The summed E-state index contributed by atoms with van der Waals surface area (Å²) in [4.78, 5) is 3.09. The van der Waals surface area contributed by atoms with Crippen LogP contribution < -0.4 is 0 Å². The van der Waals surface area contributed by atoms with Crippen LogP contribution in [-0.4, -0.2) is 81.1 Å². The molecule has 0 radical (unpaired) electrons. The zero-order valence-electron chi connectivity index (χ0n) is 12.3. The molecule has 0 amide bonds. The smallest absolute Gasteiger partial charge is 0.112 e. The highest BCUT2D eigenvalue weighted by Crippen LogP contribution is 2.12. The van der Waals surface area contributed by atoms with Crippen LogP contribution in [0, 0.1) is 0 Å². The second-order valence-corrected chi connectivity index (χ2v) is 5.88. The lowest BCUT2D eigenvalue weighted by molar-refractivity contribution is -0.116. The first-order valence-corrected chi connectivity index (χ1v) is 6.09. The van der Waals surface area contributed by atoms with Gasteiger partial charge in [0.2, 0.25) is 0 Å². The molecule has 110 valence electrons. The summed E-state index contributed by atoms with van der Waals surface area (Å²) >= 11 is 0. The Balaban J connectivity index is 4.32. The Hall–Kier alpha value is -0.240. The Morgan fingerprint density at radius 3 is 1.17 bits per heavy atom. The average molecular weight is 264 g/mol. The van der Waals surface area contributed by atoms with Gasteiger partial charge < -0.3 is 20.4 Å². The lowest BCUT2D eigenvalue weighted by Gasteiger charge is -2.36. The van der Waals surface area contributed by atoms with Gasteiger partial charge in [0.05, 0.1) is 12.2 Å². The molecule has 0 rings (SSSR count). The normalized spacial score (nSPS) is 17.3. The third kappa shape index (κ3) is 6.08. The monoisotopic (exact) mass is 264 g/mol. The van der Waals surface area contributed by atoms with Crippen LogP contribution in [0.5, 0.6) is 0 Å². The molecule has 4 N–H and O–H groups in total. The topological polar surface area (TPSA) is 87.4 Å². The van der Waals surface area contributed by atoms with Gasteiger partial charge in [0.15, 0.2) is 0 Å². The fourth-order valence-corrected chi connectivity index (χ4v) is 1.25. The van der Waals surface area contributed by atoms with E-state index in [2.05, 4.69) is 0 Å². The van der Waals surface area contributed by atoms with Gasteiger partial charge in [0.25, 0.3) is 0 Å². The van der Waals surface area contributed by atoms with Gasteiger partial charge in [-0.15, -0.1) is 0 Å². The third-order valence-corrected chi connectivity index (χ3v) is 3.23. The molecule has 0 aliphatic rings. The maximum absolute atomic E-state index is 9.85.